The molecule has 3 aliphatic rings. The second-order valence-corrected chi connectivity index (χ2v) is 7.38. The van der Waals surface area contributed by atoms with Crippen molar-refractivity contribution < 1.29 is 5.11 Å². The van der Waals surface area contributed by atoms with Crippen molar-refractivity contribution in [3.8, 4) is 0 Å². The maximum atomic E-state index is 9.86. The molecule has 21 heavy (non-hydrogen) atoms. The number of rotatable bonds is 5. The van der Waals surface area contributed by atoms with Gasteiger partial charge in [-0.3, -0.25) is 0 Å². The van der Waals surface area contributed by atoms with Crippen LogP contribution in [0.1, 0.15) is 12.8 Å². The molecule has 2 N–H and O–H groups in total. The number of nitrogens with one attached hydrogen (secondary N) is 1. The third-order valence-electron chi connectivity index (χ3n) is 5.47. The second kappa shape index (κ2) is 7.80. The Morgan fingerprint density at radius 3 is 2.48 bits per heavy atom. The molecule has 0 aromatic carbocycles. The van der Waals surface area contributed by atoms with E-state index in [-0.39, 0.29) is 30.2 Å². The van der Waals surface area contributed by atoms with Crippen molar-refractivity contribution in [2.45, 2.75) is 12.8 Å². The number of hydrogen-bond acceptors (Lipinski definition) is 4. The predicted octanol–water partition coefficient (Wildman–Crippen LogP) is 0.931. The van der Waals surface area contributed by atoms with E-state index in [1.54, 1.807) is 0 Å². The van der Waals surface area contributed by atoms with E-state index in [1.807, 2.05) is 0 Å². The molecule has 0 spiro atoms. The predicted molar refractivity (Wildman–Crippen MR) is 91.6 cm³/mol. The zero-order chi connectivity index (χ0) is 13.5. The SMILES string of the molecule is CN(C)CC1(CO)CCCN(CC2[C@H]3CNC[C@@H]23)C1.Cl.Cl. The maximum Gasteiger partial charge on any atom is 0.0512 e. The largest absolute Gasteiger partial charge is 0.396 e. The smallest absolute Gasteiger partial charge is 0.0512 e. The molecule has 0 aromatic heterocycles. The standard InChI is InChI=1S/C15H29N3O.2ClH/c1-17(2)9-15(11-19)4-3-5-18(10-15)8-14-12-6-16-7-13(12)14;;/h12-14,16,19H,3-11H2,1-2H3;2*1H/t12-,13+,14?,15?;;. The Morgan fingerprint density at radius 2 is 1.90 bits per heavy atom. The highest BCUT2D eigenvalue weighted by Gasteiger charge is 2.53. The number of aliphatic hydroxyl groups excluding tert-OH is 1. The maximum absolute atomic E-state index is 9.86. The van der Waals surface area contributed by atoms with Gasteiger partial charge in [-0.15, -0.1) is 24.8 Å². The first-order valence-electron chi connectivity index (χ1n) is 7.82. The molecule has 1 aliphatic carbocycles. The fourth-order valence-electron chi connectivity index (χ4n) is 4.56. The summed E-state index contributed by atoms with van der Waals surface area (Å²) >= 11 is 0. The van der Waals surface area contributed by atoms with Gasteiger partial charge >= 0.3 is 0 Å². The highest BCUT2D eigenvalue weighted by molar-refractivity contribution is 5.85. The van der Waals surface area contributed by atoms with Crippen molar-refractivity contribution in [3.63, 3.8) is 0 Å². The van der Waals surface area contributed by atoms with Crippen molar-refractivity contribution >= 4 is 24.8 Å². The molecule has 3 fully saturated rings. The second-order valence-electron chi connectivity index (χ2n) is 7.38. The molecule has 2 unspecified atom stereocenters. The average Bonchev–Trinajstić information content (AvgIpc) is 2.83. The minimum absolute atomic E-state index is 0. The first-order chi connectivity index (χ1) is 9.13. The molecule has 2 saturated heterocycles. The first kappa shape index (κ1) is 19.5. The van der Waals surface area contributed by atoms with Crippen LogP contribution < -0.4 is 5.32 Å². The van der Waals surface area contributed by atoms with Crippen LogP contribution in [0, 0.1) is 23.2 Å². The van der Waals surface area contributed by atoms with Crippen LogP contribution in [-0.2, 0) is 0 Å². The monoisotopic (exact) mass is 339 g/mol. The molecular weight excluding hydrogens is 309 g/mol. The van der Waals surface area contributed by atoms with Crippen LogP contribution in [-0.4, -0.2) is 74.9 Å². The van der Waals surface area contributed by atoms with Gasteiger partial charge in [0.1, 0.15) is 0 Å². The lowest BCUT2D eigenvalue weighted by Gasteiger charge is -2.43. The number of nitrogens with zero attached hydrogens (tertiary/aromatic N) is 2. The molecule has 4 nitrogen and oxygen atoms in total. The molecule has 0 bridgehead atoms. The molecule has 6 heteroatoms. The Labute approximate surface area is 141 Å². The van der Waals surface area contributed by atoms with Gasteiger partial charge in [0, 0.05) is 25.0 Å². The van der Waals surface area contributed by atoms with Gasteiger partial charge < -0.3 is 20.2 Å². The van der Waals surface area contributed by atoms with Gasteiger partial charge in [-0.1, -0.05) is 0 Å². The number of likely N-dealkylation sites (tertiary alicyclic amines) is 1. The molecule has 2 aliphatic heterocycles. The summed E-state index contributed by atoms with van der Waals surface area (Å²) in [7, 11) is 4.24. The molecular formula is C15H31Cl2N3O. The molecule has 126 valence electrons. The van der Waals surface area contributed by atoms with Crippen LogP contribution >= 0.6 is 24.8 Å². The topological polar surface area (TPSA) is 38.7 Å². The van der Waals surface area contributed by atoms with Crippen molar-refractivity contribution in [2.75, 3.05) is 60.0 Å². The molecule has 4 atom stereocenters. The van der Waals surface area contributed by atoms with Crippen LogP contribution in [0.5, 0.6) is 0 Å². The fraction of sp³-hybridized carbons (Fsp3) is 1.00. The molecule has 3 rings (SSSR count). The molecule has 0 aromatic rings. The van der Waals surface area contributed by atoms with Crippen LogP contribution in [0.2, 0.25) is 0 Å². The van der Waals surface area contributed by atoms with Crippen LogP contribution in [0.3, 0.4) is 0 Å². The van der Waals surface area contributed by atoms with Gasteiger partial charge in [0.25, 0.3) is 0 Å². The number of hydrogen-bond donors (Lipinski definition) is 2. The minimum Gasteiger partial charge on any atom is -0.396 e. The first-order valence-corrected chi connectivity index (χ1v) is 7.82. The summed E-state index contributed by atoms with van der Waals surface area (Å²) in [5.74, 6) is 2.86. The summed E-state index contributed by atoms with van der Waals surface area (Å²) in [6, 6.07) is 0. The van der Waals surface area contributed by atoms with E-state index in [4.69, 9.17) is 0 Å². The quantitative estimate of drug-likeness (QED) is 0.781. The Balaban J connectivity index is 0.00000110. The van der Waals surface area contributed by atoms with Gasteiger partial charge in [0.05, 0.1) is 6.61 Å². The molecule has 0 radical (unpaired) electrons. The van der Waals surface area contributed by atoms with E-state index in [1.165, 1.54) is 39.0 Å². The van der Waals surface area contributed by atoms with Gasteiger partial charge in [-0.05, 0) is 64.3 Å². The van der Waals surface area contributed by atoms with Crippen molar-refractivity contribution in [2.24, 2.45) is 23.2 Å². The van der Waals surface area contributed by atoms with E-state index < -0.39 is 0 Å². The van der Waals surface area contributed by atoms with E-state index in [0.717, 1.165) is 30.8 Å². The minimum atomic E-state index is 0. The Hall–Kier alpha value is 0.420. The number of piperidine rings is 2. The molecule has 2 heterocycles. The Kier molecular flexibility index (Phi) is 7.23. The summed E-state index contributed by atoms with van der Waals surface area (Å²) in [6.45, 7) is 7.42. The third-order valence-corrected chi connectivity index (χ3v) is 5.47. The summed E-state index contributed by atoms with van der Waals surface area (Å²) in [4.78, 5) is 4.86. The van der Waals surface area contributed by atoms with Crippen molar-refractivity contribution in [3.05, 3.63) is 0 Å². The summed E-state index contributed by atoms with van der Waals surface area (Å²) in [5.41, 5.74) is 0.115. The van der Waals surface area contributed by atoms with Gasteiger partial charge in [-0.25, -0.2) is 0 Å². The Morgan fingerprint density at radius 1 is 1.24 bits per heavy atom. The lowest BCUT2D eigenvalue weighted by molar-refractivity contribution is 0.0109. The lowest BCUT2D eigenvalue weighted by atomic mass is 9.80. The highest BCUT2D eigenvalue weighted by Crippen LogP contribution is 2.49. The lowest BCUT2D eigenvalue weighted by Crippen LogP contribution is -2.50. The van der Waals surface area contributed by atoms with Gasteiger partial charge in [0.15, 0.2) is 0 Å². The highest BCUT2D eigenvalue weighted by atomic mass is 35.5. The summed E-state index contributed by atoms with van der Waals surface area (Å²) in [6.07, 6.45) is 2.42. The zero-order valence-electron chi connectivity index (χ0n) is 13.3. The normalized spacial score (nSPS) is 38.6. The average molecular weight is 340 g/mol. The third kappa shape index (κ3) is 4.24. The van der Waals surface area contributed by atoms with Crippen LogP contribution in [0.25, 0.3) is 0 Å². The van der Waals surface area contributed by atoms with Crippen LogP contribution in [0.4, 0.5) is 0 Å². The fourth-order valence-corrected chi connectivity index (χ4v) is 4.56. The zero-order valence-corrected chi connectivity index (χ0v) is 14.9. The molecule has 1 saturated carbocycles. The van der Waals surface area contributed by atoms with E-state index in [0.29, 0.717) is 6.61 Å². The van der Waals surface area contributed by atoms with E-state index in [9.17, 15) is 5.11 Å². The number of aliphatic hydroxyl groups is 1. The number of halogens is 2. The summed E-state index contributed by atoms with van der Waals surface area (Å²) in [5, 5.41) is 13.3. The van der Waals surface area contributed by atoms with Gasteiger partial charge in [-0.2, -0.15) is 0 Å². The Bertz CT molecular complexity index is 322. The summed E-state index contributed by atoms with van der Waals surface area (Å²) < 4.78 is 0. The van der Waals surface area contributed by atoms with Crippen molar-refractivity contribution in [1.82, 2.24) is 15.1 Å². The van der Waals surface area contributed by atoms with E-state index >= 15 is 0 Å². The van der Waals surface area contributed by atoms with Gasteiger partial charge in [0.2, 0.25) is 0 Å². The number of fused-ring (bicyclic) bond motifs is 1. The van der Waals surface area contributed by atoms with Crippen molar-refractivity contribution in [1.29, 1.82) is 0 Å². The van der Waals surface area contributed by atoms with E-state index in [2.05, 4.69) is 29.2 Å². The van der Waals surface area contributed by atoms with Crippen LogP contribution in [0.15, 0.2) is 0 Å². The molecule has 0 amide bonds.